The van der Waals surface area contributed by atoms with Crippen LogP contribution in [0.3, 0.4) is 0 Å². The lowest BCUT2D eigenvalue weighted by molar-refractivity contribution is -0.0931. The second-order valence-electron chi connectivity index (χ2n) is 12.7. The molecule has 0 saturated carbocycles. The van der Waals surface area contributed by atoms with E-state index in [1.807, 2.05) is 85.2 Å². The summed E-state index contributed by atoms with van der Waals surface area (Å²) >= 11 is 0. The Hall–Kier alpha value is -4.91. The second kappa shape index (κ2) is 16.9. The lowest BCUT2D eigenvalue weighted by atomic mass is 9.80. The topological polar surface area (TPSA) is 129 Å². The zero-order valence-corrected chi connectivity index (χ0v) is 29.8. The van der Waals surface area contributed by atoms with Crippen LogP contribution in [0.5, 0.6) is 11.5 Å². The zero-order chi connectivity index (χ0) is 35.6. The number of aliphatic imine (C=N–C) groups is 1. The van der Waals surface area contributed by atoms with Crippen LogP contribution < -0.4 is 9.47 Å². The van der Waals surface area contributed by atoms with Gasteiger partial charge in [0.1, 0.15) is 29.4 Å². The molecule has 3 atom stereocenters. The summed E-state index contributed by atoms with van der Waals surface area (Å²) in [6.45, 7) is 6.30. The molecule has 6 rings (SSSR count). The van der Waals surface area contributed by atoms with Crippen LogP contribution in [0, 0.1) is 0 Å². The fourth-order valence-corrected chi connectivity index (χ4v) is 6.47. The fraction of sp³-hybridized carbons (Fsp3) is 0.410. The SMILES string of the molecule is CCCCN(C=Nc1nnnc2c1ncn2[C@@H]1C[C@H](O)[C@@H](COC(c2ccccc2)(c2ccc(OC)cc2)c2ccc(OC)cc2)O1)CCCC. The third-order valence-corrected chi connectivity index (χ3v) is 9.35. The van der Waals surface area contributed by atoms with E-state index >= 15 is 0 Å². The van der Waals surface area contributed by atoms with Crippen LogP contribution in [0.15, 0.2) is 90.2 Å². The Bertz CT molecular complexity index is 1790. The third-order valence-electron chi connectivity index (χ3n) is 9.35. The summed E-state index contributed by atoms with van der Waals surface area (Å²) in [5.41, 5.74) is 2.66. The molecule has 12 heteroatoms. The summed E-state index contributed by atoms with van der Waals surface area (Å²) in [4.78, 5) is 11.5. The molecule has 1 aliphatic heterocycles. The van der Waals surface area contributed by atoms with E-state index in [1.54, 1.807) is 25.1 Å². The molecule has 1 N–H and O–H groups in total. The van der Waals surface area contributed by atoms with E-state index in [-0.39, 0.29) is 6.61 Å². The van der Waals surface area contributed by atoms with Crippen LogP contribution >= 0.6 is 0 Å². The number of benzene rings is 3. The fourth-order valence-electron chi connectivity index (χ4n) is 6.47. The van der Waals surface area contributed by atoms with Crippen LogP contribution in [0.4, 0.5) is 5.82 Å². The van der Waals surface area contributed by atoms with Crippen LogP contribution in [-0.4, -0.2) is 87.4 Å². The van der Waals surface area contributed by atoms with E-state index in [4.69, 9.17) is 18.9 Å². The number of fused-ring (bicyclic) bond motifs is 1. The van der Waals surface area contributed by atoms with Gasteiger partial charge in [0, 0.05) is 19.5 Å². The molecule has 0 radical (unpaired) electrons. The first-order valence-corrected chi connectivity index (χ1v) is 17.7. The molecular formula is C39H47N7O5. The van der Waals surface area contributed by atoms with Gasteiger partial charge in [-0.25, -0.2) is 9.98 Å². The third kappa shape index (κ3) is 7.88. The van der Waals surface area contributed by atoms with Gasteiger partial charge in [0.15, 0.2) is 11.2 Å². The molecule has 1 fully saturated rings. The van der Waals surface area contributed by atoms with E-state index in [1.165, 1.54) is 0 Å². The number of ether oxygens (including phenoxy) is 4. The summed E-state index contributed by atoms with van der Waals surface area (Å²) in [5, 5.41) is 23.8. The Kier molecular flexibility index (Phi) is 11.9. The van der Waals surface area contributed by atoms with Crippen molar-refractivity contribution in [3.8, 4) is 11.5 Å². The molecule has 5 aromatic rings. The largest absolute Gasteiger partial charge is 0.497 e. The number of hydrogen-bond donors (Lipinski definition) is 1. The maximum Gasteiger partial charge on any atom is 0.207 e. The van der Waals surface area contributed by atoms with Crippen molar-refractivity contribution < 1.29 is 24.1 Å². The molecule has 0 amide bonds. The smallest absolute Gasteiger partial charge is 0.207 e. The molecular weight excluding hydrogens is 646 g/mol. The Labute approximate surface area is 299 Å². The van der Waals surface area contributed by atoms with Gasteiger partial charge in [-0.3, -0.25) is 4.57 Å². The Morgan fingerprint density at radius 1 is 0.882 bits per heavy atom. The number of unbranched alkanes of at least 4 members (excludes halogenated alkanes) is 2. The van der Waals surface area contributed by atoms with Gasteiger partial charge < -0.3 is 29.0 Å². The second-order valence-corrected chi connectivity index (χ2v) is 12.7. The predicted octanol–water partition coefficient (Wildman–Crippen LogP) is 6.46. The van der Waals surface area contributed by atoms with Crippen molar-refractivity contribution >= 4 is 23.3 Å². The van der Waals surface area contributed by atoms with E-state index < -0.39 is 24.0 Å². The monoisotopic (exact) mass is 693 g/mol. The van der Waals surface area contributed by atoms with Gasteiger partial charge in [-0.05, 0) is 59.0 Å². The molecule has 2 aromatic heterocycles. The average molecular weight is 694 g/mol. The molecule has 3 heterocycles. The minimum Gasteiger partial charge on any atom is -0.497 e. The molecule has 0 aliphatic carbocycles. The maximum atomic E-state index is 11.4. The zero-order valence-electron chi connectivity index (χ0n) is 29.8. The quantitative estimate of drug-likeness (QED) is 0.0659. The van der Waals surface area contributed by atoms with Crippen molar-refractivity contribution in [2.45, 2.75) is 70.0 Å². The molecule has 51 heavy (non-hydrogen) atoms. The minimum atomic E-state index is -1.05. The highest BCUT2D eigenvalue weighted by atomic mass is 16.6. The normalized spacial score (nSPS) is 17.7. The van der Waals surface area contributed by atoms with Gasteiger partial charge in [-0.15, -0.1) is 10.2 Å². The van der Waals surface area contributed by atoms with Gasteiger partial charge in [-0.2, -0.15) is 0 Å². The first-order chi connectivity index (χ1) is 25.0. The molecule has 0 bridgehead atoms. The number of hydrogen-bond acceptors (Lipinski definition) is 10. The highest BCUT2D eigenvalue weighted by molar-refractivity contribution is 5.82. The van der Waals surface area contributed by atoms with E-state index in [2.05, 4.69) is 44.1 Å². The van der Waals surface area contributed by atoms with E-state index in [9.17, 15) is 5.11 Å². The van der Waals surface area contributed by atoms with Crippen LogP contribution in [0.2, 0.25) is 0 Å². The van der Waals surface area contributed by atoms with Crippen molar-refractivity contribution in [3.05, 3.63) is 102 Å². The number of rotatable bonds is 17. The standard InChI is InChI=1S/C39H47N7O5/c1-5-7-22-45(23-8-6-2)26-41-37-36-38(43-44-42-37)46(27-40-36)35-24-33(47)34(51-35)25-50-39(28-12-10-9-11-13-28,29-14-18-31(48-3)19-15-29)30-16-20-32(49-4)21-17-30/h9-21,26-27,33-35,47H,5-8,22-25H2,1-4H3/t33-,34+,35-/m0/s1. The number of methoxy groups -OCH3 is 2. The van der Waals surface area contributed by atoms with Crippen LogP contribution in [0.1, 0.15) is 68.9 Å². The molecule has 0 spiro atoms. The summed E-state index contributed by atoms with van der Waals surface area (Å²) in [6, 6.07) is 25.7. The van der Waals surface area contributed by atoms with E-state index in [0.717, 1.165) is 67.0 Å². The molecule has 12 nitrogen and oxygen atoms in total. The van der Waals surface area contributed by atoms with Crippen molar-refractivity contribution in [1.29, 1.82) is 0 Å². The van der Waals surface area contributed by atoms with Crippen molar-refractivity contribution in [2.24, 2.45) is 4.99 Å². The highest BCUT2D eigenvalue weighted by Gasteiger charge is 2.42. The lowest BCUT2D eigenvalue weighted by Crippen LogP contribution is -2.38. The van der Waals surface area contributed by atoms with E-state index in [0.29, 0.717) is 23.4 Å². The van der Waals surface area contributed by atoms with Gasteiger partial charge in [-0.1, -0.05) is 81.3 Å². The molecule has 1 aliphatic rings. The Morgan fingerprint density at radius 2 is 1.49 bits per heavy atom. The summed E-state index contributed by atoms with van der Waals surface area (Å²) in [6.07, 6.45) is 6.17. The summed E-state index contributed by atoms with van der Waals surface area (Å²) < 4.78 is 26.3. The van der Waals surface area contributed by atoms with Crippen molar-refractivity contribution in [3.63, 3.8) is 0 Å². The first-order valence-electron chi connectivity index (χ1n) is 17.7. The molecule has 268 valence electrons. The number of nitrogens with zero attached hydrogens (tertiary/aromatic N) is 7. The Morgan fingerprint density at radius 3 is 2.08 bits per heavy atom. The number of aliphatic hydroxyl groups is 1. The number of imidazole rings is 1. The Balaban J connectivity index is 1.27. The number of aromatic nitrogens is 5. The molecule has 1 saturated heterocycles. The van der Waals surface area contributed by atoms with Crippen molar-refractivity contribution in [2.75, 3.05) is 33.9 Å². The van der Waals surface area contributed by atoms with Gasteiger partial charge in [0.05, 0.1) is 39.6 Å². The van der Waals surface area contributed by atoms with Crippen molar-refractivity contribution in [1.82, 2.24) is 29.9 Å². The predicted molar refractivity (Wildman–Crippen MR) is 195 cm³/mol. The lowest BCUT2D eigenvalue weighted by Gasteiger charge is -2.37. The van der Waals surface area contributed by atoms with Crippen LogP contribution in [0.25, 0.3) is 11.2 Å². The highest BCUT2D eigenvalue weighted by Crippen LogP contribution is 2.43. The van der Waals surface area contributed by atoms with Gasteiger partial charge >= 0.3 is 0 Å². The summed E-state index contributed by atoms with van der Waals surface area (Å²) in [7, 11) is 3.29. The number of aliphatic hydroxyl groups excluding tert-OH is 1. The average Bonchev–Trinajstić information content (AvgIpc) is 3.79. The van der Waals surface area contributed by atoms with Crippen LogP contribution in [-0.2, 0) is 15.1 Å². The first kappa shape index (κ1) is 35.9. The van der Waals surface area contributed by atoms with Gasteiger partial charge in [0.25, 0.3) is 0 Å². The molecule has 3 aromatic carbocycles. The minimum absolute atomic E-state index is 0.0887. The molecule has 0 unspecified atom stereocenters. The maximum absolute atomic E-state index is 11.4. The summed E-state index contributed by atoms with van der Waals surface area (Å²) in [5.74, 6) is 1.86. The van der Waals surface area contributed by atoms with Gasteiger partial charge in [0.2, 0.25) is 5.82 Å².